The molecular weight excluding hydrogens is 496 g/mol. The van der Waals surface area contributed by atoms with Gasteiger partial charge in [0.15, 0.2) is 0 Å². The zero-order valence-electron chi connectivity index (χ0n) is 22.0. The second-order valence-electron chi connectivity index (χ2n) is 10.2. The molecule has 200 valence electrons. The van der Waals surface area contributed by atoms with Gasteiger partial charge < -0.3 is 4.90 Å². The van der Waals surface area contributed by atoms with E-state index in [4.69, 9.17) is 0 Å². The molecule has 0 saturated carbocycles. The summed E-state index contributed by atoms with van der Waals surface area (Å²) in [5.41, 5.74) is 4.14. The summed E-state index contributed by atoms with van der Waals surface area (Å²) in [6.45, 7) is 9.00. The number of carbonyl (C=O) groups excluding carboxylic acids is 1. The predicted octanol–water partition coefficient (Wildman–Crippen LogP) is 3.46. The van der Waals surface area contributed by atoms with E-state index in [2.05, 4.69) is 34.1 Å². The van der Waals surface area contributed by atoms with Crippen LogP contribution in [0, 0.1) is 6.92 Å². The van der Waals surface area contributed by atoms with Crippen LogP contribution in [0.5, 0.6) is 0 Å². The molecule has 7 nitrogen and oxygen atoms in total. The fourth-order valence-corrected chi connectivity index (χ4v) is 6.60. The molecule has 0 N–H and O–H groups in total. The van der Waals surface area contributed by atoms with Crippen LogP contribution in [0.4, 0.5) is 0 Å². The van der Waals surface area contributed by atoms with Crippen LogP contribution in [0.2, 0.25) is 0 Å². The molecule has 1 amide bonds. The summed E-state index contributed by atoms with van der Waals surface area (Å²) >= 11 is 0. The molecule has 0 atom stereocenters. The number of aryl methyl sites for hydroxylation is 1. The van der Waals surface area contributed by atoms with Gasteiger partial charge in [0.25, 0.3) is 5.91 Å². The summed E-state index contributed by atoms with van der Waals surface area (Å²) in [7, 11) is -3.47. The lowest BCUT2D eigenvalue weighted by Crippen LogP contribution is -2.48. The molecule has 0 aromatic heterocycles. The van der Waals surface area contributed by atoms with E-state index >= 15 is 0 Å². The lowest BCUT2D eigenvalue weighted by atomic mass is 10.1. The molecule has 5 rings (SSSR count). The first-order valence-electron chi connectivity index (χ1n) is 13.3. The number of hydrogen-bond donors (Lipinski definition) is 0. The lowest BCUT2D eigenvalue weighted by Gasteiger charge is -2.35. The smallest absolute Gasteiger partial charge is 0.253 e. The van der Waals surface area contributed by atoms with Crippen molar-refractivity contribution >= 4 is 15.9 Å². The quantitative estimate of drug-likeness (QED) is 0.466. The Balaban J connectivity index is 1.13. The molecule has 2 heterocycles. The summed E-state index contributed by atoms with van der Waals surface area (Å²) in [4.78, 5) is 20.2. The highest BCUT2D eigenvalue weighted by Crippen LogP contribution is 2.20. The lowest BCUT2D eigenvalue weighted by molar-refractivity contribution is 0.0628. The van der Waals surface area contributed by atoms with Gasteiger partial charge in [-0.05, 0) is 42.3 Å². The van der Waals surface area contributed by atoms with Crippen LogP contribution in [0.25, 0.3) is 0 Å². The highest BCUT2D eigenvalue weighted by Gasteiger charge is 2.28. The van der Waals surface area contributed by atoms with E-state index < -0.39 is 10.0 Å². The maximum absolute atomic E-state index is 13.2. The number of carbonyl (C=O) groups is 1. The maximum atomic E-state index is 13.2. The monoisotopic (exact) mass is 532 g/mol. The highest BCUT2D eigenvalue weighted by atomic mass is 32.2. The second-order valence-corrected chi connectivity index (χ2v) is 12.2. The van der Waals surface area contributed by atoms with E-state index in [0.29, 0.717) is 37.6 Å². The maximum Gasteiger partial charge on any atom is 0.253 e. The number of nitrogens with zero attached hydrogens (tertiary/aromatic N) is 4. The van der Waals surface area contributed by atoms with Crippen LogP contribution < -0.4 is 0 Å². The fourth-order valence-electron chi connectivity index (χ4n) is 5.18. The average Bonchev–Trinajstić information content (AvgIpc) is 2.94. The first-order chi connectivity index (χ1) is 18.4. The van der Waals surface area contributed by atoms with Gasteiger partial charge in [-0.25, -0.2) is 8.42 Å². The largest absolute Gasteiger partial charge is 0.336 e. The van der Waals surface area contributed by atoms with E-state index in [9.17, 15) is 13.2 Å². The van der Waals surface area contributed by atoms with Gasteiger partial charge >= 0.3 is 0 Å². The zero-order chi connectivity index (χ0) is 26.5. The Labute approximate surface area is 226 Å². The molecule has 3 aromatic rings. The van der Waals surface area contributed by atoms with Crippen molar-refractivity contribution in [2.75, 3.05) is 52.4 Å². The predicted molar refractivity (Wildman–Crippen MR) is 149 cm³/mol. The van der Waals surface area contributed by atoms with Crippen molar-refractivity contribution in [1.29, 1.82) is 0 Å². The van der Waals surface area contributed by atoms with Crippen LogP contribution in [0.1, 0.15) is 27.0 Å². The van der Waals surface area contributed by atoms with E-state index in [-0.39, 0.29) is 5.91 Å². The molecule has 38 heavy (non-hydrogen) atoms. The van der Waals surface area contributed by atoms with Crippen molar-refractivity contribution in [2.24, 2.45) is 0 Å². The van der Waals surface area contributed by atoms with Crippen molar-refractivity contribution in [2.45, 2.75) is 24.9 Å². The van der Waals surface area contributed by atoms with Gasteiger partial charge in [-0.1, -0.05) is 60.2 Å². The van der Waals surface area contributed by atoms with E-state index in [1.165, 1.54) is 5.56 Å². The van der Waals surface area contributed by atoms with Gasteiger partial charge in [0.2, 0.25) is 10.0 Å². The van der Waals surface area contributed by atoms with Crippen LogP contribution in [-0.4, -0.2) is 85.7 Å². The topological polar surface area (TPSA) is 64.2 Å². The average molecular weight is 533 g/mol. The Kier molecular flexibility index (Phi) is 8.24. The zero-order valence-corrected chi connectivity index (χ0v) is 22.8. The van der Waals surface area contributed by atoms with E-state index in [0.717, 1.165) is 49.4 Å². The van der Waals surface area contributed by atoms with Gasteiger partial charge in [0.05, 0.1) is 4.90 Å². The molecule has 8 heteroatoms. The van der Waals surface area contributed by atoms with Gasteiger partial charge in [-0.15, -0.1) is 0 Å². The number of amides is 1. The molecule has 2 aliphatic rings. The molecule has 0 unspecified atom stereocenters. The molecule has 2 aliphatic heterocycles. The van der Waals surface area contributed by atoms with Crippen molar-refractivity contribution in [3.63, 3.8) is 0 Å². The molecular formula is C30H36N4O3S. The molecule has 0 spiro atoms. The van der Waals surface area contributed by atoms with Crippen LogP contribution in [-0.2, 0) is 23.1 Å². The van der Waals surface area contributed by atoms with Crippen molar-refractivity contribution in [3.05, 3.63) is 101 Å². The summed E-state index contributed by atoms with van der Waals surface area (Å²) in [5, 5.41) is 0. The van der Waals surface area contributed by atoms with Crippen LogP contribution >= 0.6 is 0 Å². The third-order valence-corrected chi connectivity index (χ3v) is 9.39. The minimum atomic E-state index is -3.47. The fraction of sp³-hybridized carbons (Fsp3) is 0.367. The molecule has 2 fully saturated rings. The molecule has 0 bridgehead atoms. The Morgan fingerprint density at radius 1 is 0.684 bits per heavy atom. The summed E-state index contributed by atoms with van der Waals surface area (Å²) in [6, 6.07) is 25.4. The number of piperazine rings is 2. The molecule has 2 saturated heterocycles. The van der Waals surface area contributed by atoms with Crippen molar-refractivity contribution in [1.82, 2.24) is 19.0 Å². The van der Waals surface area contributed by atoms with Gasteiger partial charge in [0.1, 0.15) is 0 Å². The van der Waals surface area contributed by atoms with E-state index in [1.54, 1.807) is 16.4 Å². The SMILES string of the molecule is Cc1ccc(S(=O)(=O)N2CCN(Cc3cccc(C(=O)N4CCN(Cc5ccccc5)CC4)c3)CC2)cc1. The molecule has 0 aliphatic carbocycles. The number of sulfonamides is 1. The Morgan fingerprint density at radius 3 is 1.92 bits per heavy atom. The Bertz CT molecular complexity index is 1330. The van der Waals surface area contributed by atoms with Gasteiger partial charge in [-0.2, -0.15) is 4.31 Å². The Hall–Kier alpha value is -3.04. The second kappa shape index (κ2) is 11.8. The minimum absolute atomic E-state index is 0.0835. The standard InChI is InChI=1S/C30H36N4O3S/c1-25-10-12-29(13-11-25)38(36,37)34-20-16-32(17-21-34)24-27-8-5-9-28(22-27)30(35)33-18-14-31(15-19-33)23-26-6-3-2-4-7-26/h2-13,22H,14-21,23-24H2,1H3. The minimum Gasteiger partial charge on any atom is -0.336 e. The third kappa shape index (κ3) is 6.32. The molecule has 0 radical (unpaired) electrons. The van der Waals surface area contributed by atoms with Gasteiger partial charge in [-0.3, -0.25) is 14.6 Å². The number of rotatable bonds is 7. The Morgan fingerprint density at radius 2 is 1.26 bits per heavy atom. The summed E-state index contributed by atoms with van der Waals surface area (Å²) in [5.74, 6) is 0.0835. The first-order valence-corrected chi connectivity index (χ1v) is 14.8. The molecule has 3 aromatic carbocycles. The van der Waals surface area contributed by atoms with Crippen LogP contribution in [0.3, 0.4) is 0 Å². The summed E-state index contributed by atoms with van der Waals surface area (Å²) < 4.78 is 27.6. The number of benzene rings is 3. The highest BCUT2D eigenvalue weighted by molar-refractivity contribution is 7.89. The van der Waals surface area contributed by atoms with E-state index in [1.807, 2.05) is 54.3 Å². The number of hydrogen-bond acceptors (Lipinski definition) is 5. The summed E-state index contributed by atoms with van der Waals surface area (Å²) in [6.07, 6.45) is 0. The third-order valence-electron chi connectivity index (χ3n) is 7.48. The van der Waals surface area contributed by atoms with Gasteiger partial charge in [0, 0.05) is 71.0 Å². The normalized spacial score (nSPS) is 18.0. The van der Waals surface area contributed by atoms with Crippen LogP contribution in [0.15, 0.2) is 83.8 Å². The first kappa shape index (κ1) is 26.6. The van der Waals surface area contributed by atoms with Crippen molar-refractivity contribution < 1.29 is 13.2 Å². The van der Waals surface area contributed by atoms with Crippen molar-refractivity contribution in [3.8, 4) is 0 Å².